The summed E-state index contributed by atoms with van der Waals surface area (Å²) in [5.41, 5.74) is 0.209. The summed E-state index contributed by atoms with van der Waals surface area (Å²) in [5.74, 6) is -0.277. The van der Waals surface area contributed by atoms with E-state index in [0.717, 1.165) is 12.8 Å². The van der Waals surface area contributed by atoms with Crippen molar-refractivity contribution in [3.8, 4) is 16.9 Å². The molecule has 2 bridgehead atoms. The second-order valence-corrected chi connectivity index (χ2v) is 13.2. The van der Waals surface area contributed by atoms with E-state index in [1.54, 1.807) is 24.3 Å². The zero-order valence-corrected chi connectivity index (χ0v) is 27.2. The summed E-state index contributed by atoms with van der Waals surface area (Å²) in [6, 6.07) is 7.82. The minimum atomic E-state index is -0.713. The Morgan fingerprint density at radius 2 is 1.78 bits per heavy atom. The Hall–Kier alpha value is -3.47. The topological polar surface area (TPSA) is 77.0 Å². The second kappa shape index (κ2) is 12.0. The van der Waals surface area contributed by atoms with Crippen molar-refractivity contribution in [2.75, 3.05) is 31.9 Å². The lowest BCUT2D eigenvalue weighted by atomic mass is 9.92. The molecule has 2 aliphatic heterocycles. The van der Waals surface area contributed by atoms with Crippen LogP contribution < -0.4 is 9.64 Å². The standard InChI is InChI=1S/C33H34Cl2F2N4O4/c1-6-21-25(36)10-7-17-11-20(44-16-43-5)12-22(26(17)21)27-24(34)13-23-29(28(27)37)38-31(35)39-30(23)40-14-18-8-9-19(15-40)41(18)32(42)45-33(2,3)4/h7,10-13,18-19H,6,8-9,14-16H2,1-5H3/t18-,19+. The molecule has 2 aliphatic rings. The largest absolute Gasteiger partial charge is 0.468 e. The first-order valence-electron chi connectivity index (χ1n) is 14.9. The van der Waals surface area contributed by atoms with Gasteiger partial charge >= 0.3 is 6.09 Å². The third-order valence-electron chi connectivity index (χ3n) is 8.33. The van der Waals surface area contributed by atoms with Crippen LogP contribution in [0.1, 0.15) is 46.1 Å². The smallest absolute Gasteiger partial charge is 0.410 e. The van der Waals surface area contributed by atoms with Gasteiger partial charge in [-0.2, -0.15) is 4.98 Å². The lowest BCUT2D eigenvalue weighted by molar-refractivity contribution is 0.0123. The SMILES string of the molecule is CCc1c(F)ccc2cc(OCOC)cc(-c3c(Cl)cc4c(N5C[C@H]6CC[C@@H](C5)N6C(=O)OC(C)(C)C)nc(Cl)nc4c3F)c12. The van der Waals surface area contributed by atoms with Crippen LogP contribution in [0.25, 0.3) is 32.8 Å². The molecule has 45 heavy (non-hydrogen) atoms. The monoisotopic (exact) mass is 658 g/mol. The van der Waals surface area contributed by atoms with E-state index < -0.39 is 17.2 Å². The van der Waals surface area contributed by atoms with E-state index in [4.69, 9.17) is 37.4 Å². The van der Waals surface area contributed by atoms with Crippen LogP contribution in [0.3, 0.4) is 0 Å². The van der Waals surface area contributed by atoms with Gasteiger partial charge in [-0.1, -0.05) is 24.6 Å². The van der Waals surface area contributed by atoms with Crippen LogP contribution in [0.4, 0.5) is 19.4 Å². The van der Waals surface area contributed by atoms with Gasteiger partial charge in [0.05, 0.1) is 17.1 Å². The normalized spacial score (nSPS) is 18.2. The number of amides is 1. The second-order valence-electron chi connectivity index (χ2n) is 12.4. The van der Waals surface area contributed by atoms with Crippen LogP contribution >= 0.6 is 23.2 Å². The lowest BCUT2D eigenvalue weighted by Gasteiger charge is -2.42. The Morgan fingerprint density at radius 3 is 2.42 bits per heavy atom. The van der Waals surface area contributed by atoms with Gasteiger partial charge < -0.3 is 19.1 Å². The maximum atomic E-state index is 16.8. The summed E-state index contributed by atoms with van der Waals surface area (Å²) in [6.45, 7) is 8.26. The molecule has 3 aromatic carbocycles. The number of piperazine rings is 1. The summed E-state index contributed by atoms with van der Waals surface area (Å²) in [7, 11) is 1.50. The number of halogens is 4. The van der Waals surface area contributed by atoms with Crippen LogP contribution in [0.15, 0.2) is 30.3 Å². The number of hydrogen-bond donors (Lipinski definition) is 0. The lowest BCUT2D eigenvalue weighted by Crippen LogP contribution is -2.57. The Balaban J connectivity index is 1.47. The van der Waals surface area contributed by atoms with E-state index in [-0.39, 0.29) is 46.4 Å². The molecule has 4 aromatic rings. The number of ether oxygens (including phenoxy) is 3. The number of rotatable bonds is 6. The molecule has 238 valence electrons. The van der Waals surface area contributed by atoms with Gasteiger partial charge in [-0.05, 0) is 97.8 Å². The fourth-order valence-corrected chi connectivity index (χ4v) is 7.03. The third kappa shape index (κ3) is 5.84. The predicted molar refractivity (Wildman–Crippen MR) is 171 cm³/mol. The van der Waals surface area contributed by atoms with Crippen LogP contribution in [0.2, 0.25) is 10.3 Å². The first kappa shape index (κ1) is 31.5. The van der Waals surface area contributed by atoms with Crippen molar-refractivity contribution in [3.05, 3.63) is 57.8 Å². The molecule has 8 nitrogen and oxygen atoms in total. The molecular formula is C33H34Cl2F2N4O4. The zero-order chi connectivity index (χ0) is 32.2. The highest BCUT2D eigenvalue weighted by atomic mass is 35.5. The molecule has 0 aliphatic carbocycles. The average Bonchev–Trinajstić information content (AvgIpc) is 3.25. The number of aryl methyl sites for hydroxylation is 1. The minimum absolute atomic E-state index is 0.0165. The molecule has 1 amide bonds. The highest BCUT2D eigenvalue weighted by molar-refractivity contribution is 6.35. The van der Waals surface area contributed by atoms with E-state index in [2.05, 4.69) is 9.97 Å². The molecule has 2 saturated heterocycles. The van der Waals surface area contributed by atoms with Crippen LogP contribution in [-0.2, 0) is 15.9 Å². The van der Waals surface area contributed by atoms with Crippen molar-refractivity contribution in [2.24, 2.45) is 0 Å². The molecule has 0 spiro atoms. The first-order chi connectivity index (χ1) is 21.4. The Labute approximate surface area is 270 Å². The molecule has 0 saturated carbocycles. The van der Waals surface area contributed by atoms with Gasteiger partial charge in [0.1, 0.15) is 28.5 Å². The number of aromatic nitrogens is 2. The molecule has 12 heteroatoms. The molecule has 1 aromatic heterocycles. The predicted octanol–water partition coefficient (Wildman–Crippen LogP) is 8.17. The third-order valence-corrected chi connectivity index (χ3v) is 8.80. The number of anilines is 1. The Morgan fingerprint density at radius 1 is 1.07 bits per heavy atom. The first-order valence-corrected chi connectivity index (χ1v) is 15.6. The summed E-state index contributed by atoms with van der Waals surface area (Å²) in [5, 5.41) is 1.53. The van der Waals surface area contributed by atoms with Crippen molar-refractivity contribution in [3.63, 3.8) is 0 Å². The van der Waals surface area contributed by atoms with Crippen molar-refractivity contribution < 1.29 is 27.8 Å². The summed E-state index contributed by atoms with van der Waals surface area (Å²) < 4.78 is 48.3. The molecule has 0 radical (unpaired) electrons. The van der Waals surface area contributed by atoms with E-state index in [1.165, 1.54) is 13.2 Å². The molecule has 2 fully saturated rings. The summed E-state index contributed by atoms with van der Waals surface area (Å²) in [4.78, 5) is 25.6. The molecular weight excluding hydrogens is 625 g/mol. The number of benzene rings is 3. The summed E-state index contributed by atoms with van der Waals surface area (Å²) in [6.07, 6.45) is 1.64. The molecule has 3 heterocycles. The van der Waals surface area contributed by atoms with Gasteiger partial charge in [0.25, 0.3) is 0 Å². The number of carbonyl (C=O) groups is 1. The van der Waals surface area contributed by atoms with Gasteiger partial charge in [-0.25, -0.2) is 18.6 Å². The molecule has 0 unspecified atom stereocenters. The highest BCUT2D eigenvalue weighted by Gasteiger charge is 2.45. The Bertz CT molecular complexity index is 1800. The van der Waals surface area contributed by atoms with Gasteiger partial charge in [-0.15, -0.1) is 0 Å². The average molecular weight is 660 g/mol. The van der Waals surface area contributed by atoms with Crippen LogP contribution in [0.5, 0.6) is 5.75 Å². The minimum Gasteiger partial charge on any atom is -0.468 e. The van der Waals surface area contributed by atoms with Crippen molar-refractivity contribution in [1.82, 2.24) is 14.9 Å². The quantitative estimate of drug-likeness (QED) is 0.153. The van der Waals surface area contributed by atoms with E-state index in [0.29, 0.717) is 58.4 Å². The molecule has 2 atom stereocenters. The number of nitrogens with zero attached hydrogens (tertiary/aromatic N) is 4. The molecule has 6 rings (SSSR count). The van der Waals surface area contributed by atoms with Crippen LogP contribution in [-0.4, -0.2) is 65.6 Å². The maximum absolute atomic E-state index is 16.8. The number of fused-ring (bicyclic) bond motifs is 4. The zero-order valence-electron chi connectivity index (χ0n) is 25.7. The van der Waals surface area contributed by atoms with Crippen molar-refractivity contribution >= 4 is 56.8 Å². The fourth-order valence-electron chi connectivity index (χ4n) is 6.57. The van der Waals surface area contributed by atoms with Gasteiger partial charge in [0, 0.05) is 31.1 Å². The van der Waals surface area contributed by atoms with Gasteiger partial charge in [-0.3, -0.25) is 4.90 Å². The maximum Gasteiger partial charge on any atom is 0.410 e. The Kier molecular flexibility index (Phi) is 8.43. The van der Waals surface area contributed by atoms with E-state index >= 15 is 8.78 Å². The van der Waals surface area contributed by atoms with E-state index in [1.807, 2.05) is 37.5 Å². The number of carbonyl (C=O) groups excluding carboxylic acids is 1. The highest BCUT2D eigenvalue weighted by Crippen LogP contribution is 2.44. The molecule has 0 N–H and O–H groups in total. The fraction of sp³-hybridized carbons (Fsp3) is 0.424. The van der Waals surface area contributed by atoms with Crippen molar-refractivity contribution in [2.45, 2.75) is 64.6 Å². The number of hydrogen-bond acceptors (Lipinski definition) is 7. The van der Waals surface area contributed by atoms with Gasteiger partial charge in [0.15, 0.2) is 12.6 Å². The van der Waals surface area contributed by atoms with E-state index in [9.17, 15) is 4.79 Å². The van der Waals surface area contributed by atoms with Crippen LogP contribution in [0, 0.1) is 11.6 Å². The van der Waals surface area contributed by atoms with Gasteiger partial charge in [0.2, 0.25) is 5.28 Å². The van der Waals surface area contributed by atoms with Crippen molar-refractivity contribution in [1.29, 1.82) is 0 Å². The summed E-state index contributed by atoms with van der Waals surface area (Å²) >= 11 is 13.3. The number of methoxy groups -OCH3 is 1.